The van der Waals surface area contributed by atoms with Gasteiger partial charge in [0, 0.05) is 23.3 Å². The minimum absolute atomic E-state index is 0.0287. The van der Waals surface area contributed by atoms with Crippen LogP contribution in [0.1, 0.15) is 37.2 Å². The van der Waals surface area contributed by atoms with Crippen LogP contribution in [0.5, 0.6) is 0 Å². The predicted molar refractivity (Wildman–Crippen MR) is 76.3 cm³/mol. The van der Waals surface area contributed by atoms with Gasteiger partial charge in [-0.3, -0.25) is 0 Å². The fourth-order valence-electron chi connectivity index (χ4n) is 2.51. The van der Waals surface area contributed by atoms with E-state index in [2.05, 4.69) is 29.3 Å². The third-order valence-corrected chi connectivity index (χ3v) is 6.86. The number of hydrogen-bond donors (Lipinski definition) is 1. The molecule has 0 saturated carbocycles. The Bertz CT molecular complexity index is 417. The van der Waals surface area contributed by atoms with Crippen molar-refractivity contribution in [3.63, 3.8) is 0 Å². The molecule has 0 aromatic carbocycles. The Labute approximate surface area is 116 Å². The molecule has 0 spiro atoms. The van der Waals surface area contributed by atoms with E-state index in [1.54, 1.807) is 0 Å². The third-order valence-electron chi connectivity index (χ3n) is 3.77. The van der Waals surface area contributed by atoms with Gasteiger partial charge < -0.3 is 9.84 Å². The molecule has 3 heterocycles. The molecule has 0 amide bonds. The van der Waals surface area contributed by atoms with Gasteiger partial charge in [0.2, 0.25) is 5.89 Å². The Balaban J connectivity index is 1.80. The molecule has 18 heavy (non-hydrogen) atoms. The lowest BCUT2D eigenvalue weighted by molar-refractivity contribution is 0.304. The van der Waals surface area contributed by atoms with E-state index in [0.29, 0.717) is 10.5 Å². The first-order valence-corrected chi connectivity index (χ1v) is 8.57. The number of hydrogen-bond acceptors (Lipinski definition) is 6. The average Bonchev–Trinajstić information content (AvgIpc) is 2.99. The zero-order valence-electron chi connectivity index (χ0n) is 10.8. The molecule has 0 aliphatic carbocycles. The van der Waals surface area contributed by atoms with Gasteiger partial charge in [-0.15, -0.1) is 11.8 Å². The van der Waals surface area contributed by atoms with Crippen molar-refractivity contribution in [2.24, 2.45) is 0 Å². The molecule has 2 aliphatic rings. The van der Waals surface area contributed by atoms with E-state index in [-0.39, 0.29) is 5.41 Å². The molecular formula is C12H19N3OS2. The van der Waals surface area contributed by atoms with Crippen molar-refractivity contribution in [3.05, 3.63) is 11.7 Å². The SMILES string of the molecule is CC1SCCSC1c1noc(C2(C)CCNC2)n1. The van der Waals surface area contributed by atoms with Gasteiger partial charge in [0.15, 0.2) is 5.82 Å². The molecule has 2 fully saturated rings. The molecule has 2 aliphatic heterocycles. The Morgan fingerprint density at radius 1 is 1.39 bits per heavy atom. The summed E-state index contributed by atoms with van der Waals surface area (Å²) >= 11 is 3.96. The fourth-order valence-corrected chi connectivity index (χ4v) is 5.19. The molecule has 1 N–H and O–H groups in total. The highest BCUT2D eigenvalue weighted by molar-refractivity contribution is 8.06. The number of rotatable bonds is 2. The van der Waals surface area contributed by atoms with E-state index >= 15 is 0 Å². The molecular weight excluding hydrogens is 266 g/mol. The second-order valence-corrected chi connectivity index (χ2v) is 8.05. The summed E-state index contributed by atoms with van der Waals surface area (Å²) in [6.45, 7) is 6.45. The van der Waals surface area contributed by atoms with E-state index < -0.39 is 0 Å². The van der Waals surface area contributed by atoms with Gasteiger partial charge in [-0.05, 0) is 19.9 Å². The minimum Gasteiger partial charge on any atom is -0.339 e. The summed E-state index contributed by atoms with van der Waals surface area (Å²) in [5.74, 6) is 4.12. The maximum absolute atomic E-state index is 5.53. The number of nitrogens with one attached hydrogen (secondary N) is 1. The van der Waals surface area contributed by atoms with Crippen LogP contribution in [0.15, 0.2) is 4.52 Å². The summed E-state index contributed by atoms with van der Waals surface area (Å²) in [4.78, 5) is 4.69. The second-order valence-electron chi connectivity index (χ2n) is 5.31. The van der Waals surface area contributed by atoms with E-state index in [0.717, 1.165) is 31.2 Å². The van der Waals surface area contributed by atoms with Gasteiger partial charge in [-0.25, -0.2) is 0 Å². The maximum atomic E-state index is 5.53. The van der Waals surface area contributed by atoms with E-state index in [9.17, 15) is 0 Å². The van der Waals surface area contributed by atoms with Gasteiger partial charge in [-0.2, -0.15) is 16.7 Å². The van der Waals surface area contributed by atoms with E-state index in [4.69, 9.17) is 4.52 Å². The lowest BCUT2D eigenvalue weighted by Gasteiger charge is -2.25. The monoisotopic (exact) mass is 285 g/mol. The fraction of sp³-hybridized carbons (Fsp3) is 0.833. The van der Waals surface area contributed by atoms with Crippen LogP contribution in [0.25, 0.3) is 0 Å². The van der Waals surface area contributed by atoms with Crippen molar-refractivity contribution in [2.45, 2.75) is 36.2 Å². The molecule has 3 atom stereocenters. The topological polar surface area (TPSA) is 51.0 Å². The van der Waals surface area contributed by atoms with Gasteiger partial charge in [0.1, 0.15) is 0 Å². The highest BCUT2D eigenvalue weighted by atomic mass is 32.2. The summed E-state index contributed by atoms with van der Waals surface area (Å²) in [5, 5.41) is 8.56. The Hall–Kier alpha value is -0.200. The Morgan fingerprint density at radius 3 is 2.94 bits per heavy atom. The normalized spacial score (nSPS) is 37.0. The van der Waals surface area contributed by atoms with Gasteiger partial charge in [0.05, 0.1) is 10.7 Å². The zero-order chi connectivity index (χ0) is 12.6. The van der Waals surface area contributed by atoms with Crippen molar-refractivity contribution in [2.75, 3.05) is 24.6 Å². The highest BCUT2D eigenvalue weighted by Crippen LogP contribution is 2.41. The Kier molecular flexibility index (Phi) is 3.60. The van der Waals surface area contributed by atoms with Gasteiger partial charge in [-0.1, -0.05) is 12.1 Å². The Morgan fingerprint density at radius 2 is 2.22 bits per heavy atom. The first-order chi connectivity index (χ1) is 8.69. The van der Waals surface area contributed by atoms with E-state index in [1.807, 2.05) is 23.5 Å². The van der Waals surface area contributed by atoms with E-state index in [1.165, 1.54) is 11.5 Å². The highest BCUT2D eigenvalue weighted by Gasteiger charge is 2.37. The van der Waals surface area contributed by atoms with Crippen LogP contribution in [-0.2, 0) is 5.41 Å². The minimum atomic E-state index is 0.0287. The van der Waals surface area contributed by atoms with Crippen LogP contribution in [0.2, 0.25) is 0 Å². The molecule has 1 aromatic heterocycles. The summed E-state index contributed by atoms with van der Waals surface area (Å²) in [6.07, 6.45) is 1.08. The lowest BCUT2D eigenvalue weighted by atomic mass is 9.90. The van der Waals surface area contributed by atoms with Crippen LogP contribution in [0, 0.1) is 0 Å². The lowest BCUT2D eigenvalue weighted by Crippen LogP contribution is -2.25. The third kappa shape index (κ3) is 2.30. The van der Waals surface area contributed by atoms with Crippen molar-refractivity contribution in [3.8, 4) is 0 Å². The van der Waals surface area contributed by atoms with Crippen molar-refractivity contribution in [1.82, 2.24) is 15.5 Å². The first kappa shape index (κ1) is 12.8. The van der Waals surface area contributed by atoms with Gasteiger partial charge >= 0.3 is 0 Å². The molecule has 0 bridgehead atoms. The smallest absolute Gasteiger partial charge is 0.233 e. The number of aromatic nitrogens is 2. The second kappa shape index (κ2) is 5.06. The summed E-state index contributed by atoms with van der Waals surface area (Å²) < 4.78 is 5.53. The van der Waals surface area contributed by atoms with Crippen molar-refractivity contribution in [1.29, 1.82) is 0 Å². The molecule has 3 rings (SSSR count). The van der Waals surface area contributed by atoms with Crippen LogP contribution >= 0.6 is 23.5 Å². The average molecular weight is 285 g/mol. The molecule has 6 heteroatoms. The molecule has 4 nitrogen and oxygen atoms in total. The van der Waals surface area contributed by atoms with Gasteiger partial charge in [0.25, 0.3) is 0 Å². The summed E-state index contributed by atoms with van der Waals surface area (Å²) in [7, 11) is 0. The van der Waals surface area contributed by atoms with Crippen LogP contribution in [-0.4, -0.2) is 40.0 Å². The molecule has 1 aromatic rings. The van der Waals surface area contributed by atoms with Crippen molar-refractivity contribution >= 4 is 23.5 Å². The zero-order valence-corrected chi connectivity index (χ0v) is 12.4. The number of nitrogens with zero attached hydrogens (tertiary/aromatic N) is 2. The summed E-state index contributed by atoms with van der Waals surface area (Å²) in [5.41, 5.74) is 0.0287. The quantitative estimate of drug-likeness (QED) is 0.899. The maximum Gasteiger partial charge on any atom is 0.233 e. The first-order valence-electron chi connectivity index (χ1n) is 6.47. The number of thioether (sulfide) groups is 2. The van der Waals surface area contributed by atoms with Crippen LogP contribution in [0.4, 0.5) is 0 Å². The molecule has 100 valence electrons. The summed E-state index contributed by atoms with van der Waals surface area (Å²) in [6, 6.07) is 0. The predicted octanol–water partition coefficient (Wildman–Crippen LogP) is 2.23. The van der Waals surface area contributed by atoms with Crippen LogP contribution < -0.4 is 5.32 Å². The largest absolute Gasteiger partial charge is 0.339 e. The standard InChI is InChI=1S/C12H19N3OS2/c1-8-9(18-6-5-17-8)10-14-11(16-15-10)12(2)3-4-13-7-12/h8-9,13H,3-7H2,1-2H3. The van der Waals surface area contributed by atoms with Crippen LogP contribution in [0.3, 0.4) is 0 Å². The van der Waals surface area contributed by atoms with Crippen molar-refractivity contribution < 1.29 is 4.52 Å². The molecule has 3 unspecified atom stereocenters. The molecule has 0 radical (unpaired) electrons. The molecule has 2 saturated heterocycles.